The lowest BCUT2D eigenvalue weighted by Gasteiger charge is -2.10. The molecule has 2 rings (SSSR count). The van der Waals surface area contributed by atoms with Crippen LogP contribution in [-0.2, 0) is 7.05 Å². The van der Waals surface area contributed by atoms with Crippen LogP contribution < -0.4 is 15.0 Å². The van der Waals surface area contributed by atoms with E-state index in [1.54, 1.807) is 33.2 Å². The van der Waals surface area contributed by atoms with Gasteiger partial charge in [-0.2, -0.15) is 0 Å². The van der Waals surface area contributed by atoms with Crippen molar-refractivity contribution in [2.75, 3.05) is 14.2 Å². The highest BCUT2D eigenvalue weighted by Crippen LogP contribution is 2.29. The van der Waals surface area contributed by atoms with Crippen molar-refractivity contribution in [2.45, 2.75) is 6.92 Å². The zero-order valence-electron chi connectivity index (χ0n) is 10.3. The molecule has 0 bridgehead atoms. The molecule has 1 aromatic heterocycles. The fraction of sp³-hybridized carbons (Fsp3) is 0.333. The fourth-order valence-corrected chi connectivity index (χ4v) is 1.71. The van der Waals surface area contributed by atoms with Crippen molar-refractivity contribution < 1.29 is 9.47 Å². The molecule has 0 N–H and O–H groups in total. The van der Waals surface area contributed by atoms with Gasteiger partial charge in [0.05, 0.1) is 25.1 Å². The number of hydrogen-bond acceptors (Lipinski definition) is 4. The first-order valence-corrected chi connectivity index (χ1v) is 5.18. The Bertz CT molecular complexity index is 632. The van der Waals surface area contributed by atoms with E-state index in [9.17, 15) is 4.79 Å². The Kier molecular flexibility index (Phi) is 2.75. The van der Waals surface area contributed by atoms with Crippen LogP contribution >= 0.6 is 0 Å². The number of rotatable bonds is 2. The summed E-state index contributed by atoms with van der Waals surface area (Å²) in [4.78, 5) is 16.4. The molecule has 0 unspecified atom stereocenters. The van der Waals surface area contributed by atoms with Gasteiger partial charge in [-0.1, -0.05) is 0 Å². The second kappa shape index (κ2) is 4.08. The van der Waals surface area contributed by atoms with Gasteiger partial charge in [-0.3, -0.25) is 9.36 Å². The maximum absolute atomic E-state index is 12.0. The van der Waals surface area contributed by atoms with E-state index in [2.05, 4.69) is 4.98 Å². The van der Waals surface area contributed by atoms with Crippen molar-refractivity contribution in [1.29, 1.82) is 0 Å². The molecule has 5 heteroatoms. The van der Waals surface area contributed by atoms with Crippen molar-refractivity contribution in [3.05, 3.63) is 28.3 Å². The van der Waals surface area contributed by atoms with Gasteiger partial charge in [0.1, 0.15) is 5.82 Å². The van der Waals surface area contributed by atoms with E-state index in [0.717, 1.165) is 0 Å². The molecule has 0 spiro atoms. The van der Waals surface area contributed by atoms with Crippen LogP contribution in [0.2, 0.25) is 0 Å². The predicted octanol–water partition coefficient (Wildman–Crippen LogP) is 1.26. The normalized spacial score (nSPS) is 10.6. The summed E-state index contributed by atoms with van der Waals surface area (Å²) < 4.78 is 11.9. The van der Waals surface area contributed by atoms with Crippen LogP contribution in [0.5, 0.6) is 11.5 Å². The lowest BCUT2D eigenvalue weighted by Crippen LogP contribution is -2.20. The van der Waals surface area contributed by atoms with Crippen LogP contribution in [0.3, 0.4) is 0 Å². The van der Waals surface area contributed by atoms with Gasteiger partial charge < -0.3 is 9.47 Å². The summed E-state index contributed by atoms with van der Waals surface area (Å²) >= 11 is 0. The molecule has 0 fully saturated rings. The Balaban J connectivity index is 2.88. The summed E-state index contributed by atoms with van der Waals surface area (Å²) in [7, 11) is 4.79. The molecule has 2 aromatic rings. The Labute approximate surface area is 98.6 Å². The van der Waals surface area contributed by atoms with Gasteiger partial charge in [0, 0.05) is 13.1 Å². The molecule has 0 saturated carbocycles. The van der Waals surface area contributed by atoms with Crippen molar-refractivity contribution in [1.82, 2.24) is 9.55 Å². The van der Waals surface area contributed by atoms with Crippen molar-refractivity contribution >= 4 is 10.9 Å². The van der Waals surface area contributed by atoms with Crippen molar-refractivity contribution in [3.8, 4) is 11.5 Å². The Hall–Kier alpha value is -2.04. The van der Waals surface area contributed by atoms with E-state index in [4.69, 9.17) is 9.47 Å². The van der Waals surface area contributed by atoms with E-state index in [-0.39, 0.29) is 5.56 Å². The zero-order chi connectivity index (χ0) is 12.6. The van der Waals surface area contributed by atoms with Crippen LogP contribution in [0.1, 0.15) is 5.82 Å². The first-order chi connectivity index (χ1) is 8.08. The van der Waals surface area contributed by atoms with Gasteiger partial charge in [-0.15, -0.1) is 0 Å². The highest BCUT2D eigenvalue weighted by Gasteiger charge is 2.11. The quantitative estimate of drug-likeness (QED) is 0.785. The van der Waals surface area contributed by atoms with E-state index in [1.807, 2.05) is 0 Å². The summed E-state index contributed by atoms with van der Waals surface area (Å²) in [5.74, 6) is 1.76. The third-order valence-corrected chi connectivity index (χ3v) is 2.80. The smallest absolute Gasteiger partial charge is 0.261 e. The minimum absolute atomic E-state index is 0.0894. The summed E-state index contributed by atoms with van der Waals surface area (Å²) in [5.41, 5.74) is 0.525. The number of benzene rings is 1. The van der Waals surface area contributed by atoms with Crippen LogP contribution in [0.4, 0.5) is 0 Å². The first-order valence-electron chi connectivity index (χ1n) is 5.18. The van der Waals surface area contributed by atoms with Crippen molar-refractivity contribution in [2.24, 2.45) is 7.05 Å². The number of methoxy groups -OCH3 is 2. The number of nitrogens with zero attached hydrogens (tertiary/aromatic N) is 2. The van der Waals surface area contributed by atoms with Gasteiger partial charge in [0.15, 0.2) is 11.5 Å². The highest BCUT2D eigenvalue weighted by molar-refractivity contribution is 5.81. The number of aromatic nitrogens is 2. The maximum Gasteiger partial charge on any atom is 0.261 e. The minimum atomic E-state index is -0.0894. The molecule has 0 aliphatic carbocycles. The fourth-order valence-electron chi connectivity index (χ4n) is 1.71. The van der Waals surface area contributed by atoms with Crippen LogP contribution in [0, 0.1) is 6.92 Å². The number of hydrogen-bond donors (Lipinski definition) is 0. The molecule has 5 nitrogen and oxygen atoms in total. The monoisotopic (exact) mass is 234 g/mol. The SMILES string of the molecule is COc1cc2nc(C)n(C)c(=O)c2cc1OC. The molecular formula is C12H14N2O3. The molecule has 1 heterocycles. The summed E-state index contributed by atoms with van der Waals surface area (Å²) in [6.45, 7) is 1.79. The van der Waals surface area contributed by atoms with Gasteiger partial charge in [-0.05, 0) is 13.0 Å². The number of fused-ring (bicyclic) bond motifs is 1. The summed E-state index contributed by atoms with van der Waals surface area (Å²) in [6, 6.07) is 3.37. The zero-order valence-corrected chi connectivity index (χ0v) is 10.3. The Morgan fingerprint density at radius 2 is 1.76 bits per heavy atom. The second-order valence-corrected chi connectivity index (χ2v) is 3.75. The topological polar surface area (TPSA) is 53.4 Å². The second-order valence-electron chi connectivity index (χ2n) is 3.75. The third kappa shape index (κ3) is 1.73. The molecule has 1 aromatic carbocycles. The molecule has 90 valence electrons. The highest BCUT2D eigenvalue weighted by atomic mass is 16.5. The van der Waals surface area contributed by atoms with Crippen LogP contribution in [0.15, 0.2) is 16.9 Å². The lowest BCUT2D eigenvalue weighted by atomic mass is 10.2. The van der Waals surface area contributed by atoms with E-state index >= 15 is 0 Å². The van der Waals surface area contributed by atoms with Crippen molar-refractivity contribution in [3.63, 3.8) is 0 Å². The van der Waals surface area contributed by atoms with Crippen LogP contribution in [0.25, 0.3) is 10.9 Å². The molecule has 0 saturated heterocycles. The minimum Gasteiger partial charge on any atom is -0.493 e. The molecule has 0 radical (unpaired) electrons. The predicted molar refractivity (Wildman–Crippen MR) is 64.8 cm³/mol. The maximum atomic E-state index is 12.0. The molecule has 0 amide bonds. The van der Waals surface area contributed by atoms with E-state index < -0.39 is 0 Å². The number of ether oxygens (including phenoxy) is 2. The molecule has 0 atom stereocenters. The summed E-state index contributed by atoms with van der Waals surface area (Å²) in [6.07, 6.45) is 0. The first kappa shape index (κ1) is 11.4. The van der Waals surface area contributed by atoms with Gasteiger partial charge >= 0.3 is 0 Å². The Morgan fingerprint density at radius 1 is 1.18 bits per heavy atom. The number of aryl methyl sites for hydroxylation is 1. The van der Waals surface area contributed by atoms with Gasteiger partial charge in [0.25, 0.3) is 5.56 Å². The van der Waals surface area contributed by atoms with E-state index in [1.165, 1.54) is 11.7 Å². The van der Waals surface area contributed by atoms with Crippen LogP contribution in [-0.4, -0.2) is 23.8 Å². The average molecular weight is 234 g/mol. The largest absolute Gasteiger partial charge is 0.493 e. The Morgan fingerprint density at radius 3 is 2.35 bits per heavy atom. The lowest BCUT2D eigenvalue weighted by molar-refractivity contribution is 0.355. The standard InChI is InChI=1S/C12H14N2O3/c1-7-13-9-6-11(17-4)10(16-3)5-8(9)12(15)14(7)2/h5-6H,1-4H3. The molecule has 0 aliphatic rings. The third-order valence-electron chi connectivity index (χ3n) is 2.80. The average Bonchev–Trinajstić information content (AvgIpc) is 2.34. The molecule has 17 heavy (non-hydrogen) atoms. The molecular weight excluding hydrogens is 220 g/mol. The van der Waals surface area contributed by atoms with Gasteiger partial charge in [0.2, 0.25) is 0 Å². The summed E-state index contributed by atoms with van der Waals surface area (Å²) in [5, 5.41) is 0.524. The van der Waals surface area contributed by atoms with E-state index in [0.29, 0.717) is 28.2 Å². The van der Waals surface area contributed by atoms with Gasteiger partial charge in [-0.25, -0.2) is 4.98 Å². The molecule has 0 aliphatic heterocycles.